The Kier molecular flexibility index (Phi) is 4.69. The van der Waals surface area contributed by atoms with E-state index >= 15 is 0 Å². The molecule has 0 fully saturated rings. The molecule has 0 saturated carbocycles. The number of nitrogens with one attached hydrogen (secondary N) is 1. The highest BCUT2D eigenvalue weighted by Crippen LogP contribution is 2.16. The van der Waals surface area contributed by atoms with Gasteiger partial charge in [-0.05, 0) is 5.56 Å². The summed E-state index contributed by atoms with van der Waals surface area (Å²) in [5.74, 6) is 0.155. The zero-order valence-corrected chi connectivity index (χ0v) is 10.7. The molecule has 0 aliphatic carbocycles. The second-order valence-corrected chi connectivity index (χ2v) is 4.10. The van der Waals surface area contributed by atoms with Gasteiger partial charge in [-0.15, -0.1) is 0 Å². The number of esters is 1. The van der Waals surface area contributed by atoms with Crippen molar-refractivity contribution in [3.63, 3.8) is 0 Å². The minimum atomic E-state index is -0.325. The quantitative estimate of drug-likeness (QED) is 0.801. The fourth-order valence-electron chi connectivity index (χ4n) is 1.84. The number of ether oxygens (including phenoxy) is 1. The lowest BCUT2D eigenvalue weighted by molar-refractivity contribution is -0.142. The number of benzene rings is 1. The third-order valence-electron chi connectivity index (χ3n) is 2.83. The number of rotatable bonds is 6. The Hall–Kier alpha value is -2.14. The zero-order chi connectivity index (χ0) is 13.5. The largest absolute Gasteiger partial charge is 0.469 e. The van der Waals surface area contributed by atoms with E-state index in [1.54, 1.807) is 12.3 Å². The molecule has 0 radical (unpaired) electrons. The van der Waals surface area contributed by atoms with Crippen molar-refractivity contribution in [1.82, 2.24) is 10.5 Å². The molecule has 19 heavy (non-hydrogen) atoms. The van der Waals surface area contributed by atoms with E-state index in [0.717, 1.165) is 11.3 Å². The Balaban J connectivity index is 1.97. The number of hydrogen-bond acceptors (Lipinski definition) is 5. The Labute approximate surface area is 111 Å². The molecule has 1 N–H and O–H groups in total. The van der Waals surface area contributed by atoms with E-state index in [4.69, 9.17) is 9.26 Å². The molecule has 5 nitrogen and oxygen atoms in total. The summed E-state index contributed by atoms with van der Waals surface area (Å²) in [4.78, 5) is 11.8. The van der Waals surface area contributed by atoms with Crippen LogP contribution in [0.4, 0.5) is 0 Å². The van der Waals surface area contributed by atoms with Crippen molar-refractivity contribution < 1.29 is 14.1 Å². The monoisotopic (exact) mass is 260 g/mol. The Morgan fingerprint density at radius 2 is 2.16 bits per heavy atom. The van der Waals surface area contributed by atoms with Crippen molar-refractivity contribution in [3.05, 3.63) is 53.9 Å². The van der Waals surface area contributed by atoms with Gasteiger partial charge in [0.15, 0.2) is 0 Å². The Morgan fingerprint density at radius 3 is 2.79 bits per heavy atom. The van der Waals surface area contributed by atoms with Crippen molar-refractivity contribution in [2.24, 2.45) is 0 Å². The van der Waals surface area contributed by atoms with Gasteiger partial charge in [0.1, 0.15) is 5.76 Å². The van der Waals surface area contributed by atoms with Crippen LogP contribution in [0, 0.1) is 0 Å². The van der Waals surface area contributed by atoms with Crippen molar-refractivity contribution >= 4 is 5.97 Å². The normalized spacial score (nSPS) is 12.1. The summed E-state index contributed by atoms with van der Waals surface area (Å²) < 4.78 is 9.82. The number of hydrogen-bond donors (Lipinski definition) is 1. The van der Waals surface area contributed by atoms with E-state index in [1.807, 2.05) is 30.3 Å². The number of carbonyl (C=O) groups excluding carboxylic acids is 1. The second kappa shape index (κ2) is 6.70. The van der Waals surface area contributed by atoms with Crippen LogP contribution in [-0.4, -0.2) is 24.8 Å². The lowest BCUT2D eigenvalue weighted by atomic mass is 9.99. The van der Waals surface area contributed by atoms with E-state index in [-0.39, 0.29) is 11.9 Å². The molecule has 0 aliphatic rings. The van der Waals surface area contributed by atoms with Crippen LogP contribution in [-0.2, 0) is 16.1 Å². The Morgan fingerprint density at radius 1 is 1.37 bits per heavy atom. The fourth-order valence-corrected chi connectivity index (χ4v) is 1.84. The highest BCUT2D eigenvalue weighted by Gasteiger charge is 2.20. The molecule has 1 unspecified atom stereocenters. The molecule has 100 valence electrons. The van der Waals surface area contributed by atoms with Gasteiger partial charge in [0.2, 0.25) is 0 Å². The van der Waals surface area contributed by atoms with E-state index in [1.165, 1.54) is 7.11 Å². The standard InChI is InChI=1S/C14H16N2O3/c1-18-14(17)13(11-5-3-2-4-6-11)10-15-9-12-7-8-16-19-12/h2-8,13,15H,9-10H2,1H3. The van der Waals surface area contributed by atoms with E-state index in [0.29, 0.717) is 13.1 Å². The van der Waals surface area contributed by atoms with Gasteiger partial charge in [-0.2, -0.15) is 0 Å². The summed E-state index contributed by atoms with van der Waals surface area (Å²) in [5, 5.41) is 6.79. The van der Waals surface area contributed by atoms with Gasteiger partial charge in [-0.3, -0.25) is 4.79 Å². The van der Waals surface area contributed by atoms with Crippen LogP contribution >= 0.6 is 0 Å². The van der Waals surface area contributed by atoms with Crippen LogP contribution in [0.2, 0.25) is 0 Å². The molecule has 1 aromatic heterocycles. The predicted molar refractivity (Wildman–Crippen MR) is 69.4 cm³/mol. The zero-order valence-electron chi connectivity index (χ0n) is 10.7. The molecule has 1 atom stereocenters. The molecular formula is C14H16N2O3. The summed E-state index contributed by atoms with van der Waals surface area (Å²) in [6.07, 6.45) is 1.59. The molecule has 0 amide bonds. The van der Waals surface area contributed by atoms with Crippen LogP contribution in [0.3, 0.4) is 0 Å². The molecule has 0 bridgehead atoms. The summed E-state index contributed by atoms with van der Waals surface area (Å²) in [7, 11) is 1.40. The SMILES string of the molecule is COC(=O)C(CNCc1ccno1)c1ccccc1. The molecular weight excluding hydrogens is 244 g/mol. The topological polar surface area (TPSA) is 64.4 Å². The lowest BCUT2D eigenvalue weighted by Gasteiger charge is -2.15. The molecule has 1 aromatic carbocycles. The van der Waals surface area contributed by atoms with E-state index < -0.39 is 0 Å². The number of carbonyl (C=O) groups is 1. The third-order valence-corrected chi connectivity index (χ3v) is 2.83. The summed E-state index contributed by atoms with van der Waals surface area (Å²) in [5.41, 5.74) is 0.930. The highest BCUT2D eigenvalue weighted by molar-refractivity contribution is 5.78. The summed E-state index contributed by atoms with van der Waals surface area (Å²) in [6, 6.07) is 11.3. The third kappa shape index (κ3) is 3.66. The van der Waals surface area contributed by atoms with Gasteiger partial charge in [0, 0.05) is 12.6 Å². The highest BCUT2D eigenvalue weighted by atomic mass is 16.5. The average Bonchev–Trinajstić information content (AvgIpc) is 2.97. The molecule has 0 spiro atoms. The molecule has 2 aromatic rings. The molecule has 0 aliphatic heterocycles. The average molecular weight is 260 g/mol. The first-order chi connectivity index (χ1) is 9.31. The summed E-state index contributed by atoms with van der Waals surface area (Å²) in [6.45, 7) is 1.01. The summed E-state index contributed by atoms with van der Waals surface area (Å²) >= 11 is 0. The van der Waals surface area contributed by atoms with Crippen molar-refractivity contribution in [3.8, 4) is 0 Å². The van der Waals surface area contributed by atoms with Gasteiger partial charge in [-0.25, -0.2) is 0 Å². The van der Waals surface area contributed by atoms with Crippen LogP contribution in [0.1, 0.15) is 17.2 Å². The van der Waals surface area contributed by atoms with Gasteiger partial charge in [0.25, 0.3) is 0 Å². The first kappa shape index (κ1) is 13.3. The minimum Gasteiger partial charge on any atom is -0.469 e. The smallest absolute Gasteiger partial charge is 0.314 e. The predicted octanol–water partition coefficient (Wildman–Crippen LogP) is 1.72. The van der Waals surface area contributed by atoms with Crippen LogP contribution in [0.5, 0.6) is 0 Å². The van der Waals surface area contributed by atoms with E-state index in [2.05, 4.69) is 10.5 Å². The lowest BCUT2D eigenvalue weighted by Crippen LogP contribution is -2.27. The second-order valence-electron chi connectivity index (χ2n) is 4.10. The first-order valence-electron chi connectivity index (χ1n) is 6.04. The minimum absolute atomic E-state index is 0.253. The van der Waals surface area contributed by atoms with Crippen molar-refractivity contribution in [1.29, 1.82) is 0 Å². The molecule has 1 heterocycles. The maximum absolute atomic E-state index is 11.8. The van der Waals surface area contributed by atoms with Gasteiger partial charge in [0.05, 0.1) is 25.8 Å². The van der Waals surface area contributed by atoms with E-state index in [9.17, 15) is 4.79 Å². The maximum Gasteiger partial charge on any atom is 0.314 e. The number of aromatic nitrogens is 1. The van der Waals surface area contributed by atoms with Crippen LogP contribution in [0.15, 0.2) is 47.1 Å². The number of methoxy groups -OCH3 is 1. The van der Waals surface area contributed by atoms with Crippen LogP contribution in [0.25, 0.3) is 0 Å². The molecule has 2 rings (SSSR count). The van der Waals surface area contributed by atoms with Crippen molar-refractivity contribution in [2.75, 3.05) is 13.7 Å². The molecule has 0 saturated heterocycles. The van der Waals surface area contributed by atoms with Crippen LogP contribution < -0.4 is 5.32 Å². The maximum atomic E-state index is 11.8. The van der Waals surface area contributed by atoms with Gasteiger partial charge in [-0.1, -0.05) is 35.5 Å². The Bertz CT molecular complexity index is 497. The first-order valence-corrected chi connectivity index (χ1v) is 6.04. The van der Waals surface area contributed by atoms with Crippen molar-refractivity contribution in [2.45, 2.75) is 12.5 Å². The van der Waals surface area contributed by atoms with Gasteiger partial charge >= 0.3 is 5.97 Å². The van der Waals surface area contributed by atoms with Gasteiger partial charge < -0.3 is 14.6 Å². The molecule has 5 heteroatoms. The number of nitrogens with zero attached hydrogens (tertiary/aromatic N) is 1. The fraction of sp³-hybridized carbons (Fsp3) is 0.286.